The average Bonchev–Trinajstić information content (AvgIpc) is 2.32. The van der Waals surface area contributed by atoms with Crippen LogP contribution in [0.2, 0.25) is 0 Å². The maximum atomic E-state index is 13.5. The Hall–Kier alpha value is -2.30. The first-order valence-electron chi connectivity index (χ1n) is 4.72. The second-order valence-electron chi connectivity index (χ2n) is 3.35. The van der Waals surface area contributed by atoms with Crippen LogP contribution >= 0.6 is 0 Å². The summed E-state index contributed by atoms with van der Waals surface area (Å²) in [4.78, 5) is 14.7. The van der Waals surface area contributed by atoms with Crippen molar-refractivity contribution in [1.82, 2.24) is 4.98 Å². The van der Waals surface area contributed by atoms with E-state index in [1.54, 1.807) is 0 Å². The molecule has 0 saturated carbocycles. The third-order valence-corrected chi connectivity index (χ3v) is 2.27. The summed E-state index contributed by atoms with van der Waals surface area (Å²) in [7, 11) is 0. The average molecular weight is 235 g/mol. The number of pyridine rings is 1. The van der Waals surface area contributed by atoms with Crippen molar-refractivity contribution in [3.63, 3.8) is 0 Å². The number of nitrogens with zero attached hydrogens (tertiary/aromatic N) is 1. The molecule has 0 atom stereocenters. The SMILES string of the molecule is O=C(O)c1ccncc1-c1cc(F)ccc1F. The molecule has 0 aliphatic carbocycles. The van der Waals surface area contributed by atoms with Crippen molar-refractivity contribution in [3.05, 3.63) is 53.9 Å². The molecule has 0 unspecified atom stereocenters. The van der Waals surface area contributed by atoms with Crippen LogP contribution in [0.1, 0.15) is 10.4 Å². The zero-order valence-corrected chi connectivity index (χ0v) is 8.52. The fourth-order valence-electron chi connectivity index (χ4n) is 1.50. The number of aromatic nitrogens is 1. The summed E-state index contributed by atoms with van der Waals surface area (Å²) in [6, 6.07) is 4.10. The van der Waals surface area contributed by atoms with Crippen molar-refractivity contribution in [2.45, 2.75) is 0 Å². The monoisotopic (exact) mass is 235 g/mol. The molecule has 0 aliphatic rings. The maximum absolute atomic E-state index is 13.5. The van der Waals surface area contributed by atoms with Crippen LogP contribution < -0.4 is 0 Å². The molecule has 2 rings (SSSR count). The van der Waals surface area contributed by atoms with E-state index < -0.39 is 17.6 Å². The minimum absolute atomic E-state index is 0.0528. The van der Waals surface area contributed by atoms with Gasteiger partial charge in [-0.25, -0.2) is 13.6 Å². The van der Waals surface area contributed by atoms with Gasteiger partial charge in [-0.2, -0.15) is 0 Å². The highest BCUT2D eigenvalue weighted by Crippen LogP contribution is 2.26. The Balaban J connectivity index is 2.68. The Bertz CT molecular complexity index is 584. The predicted molar refractivity (Wildman–Crippen MR) is 56.5 cm³/mol. The van der Waals surface area contributed by atoms with E-state index in [1.165, 1.54) is 18.5 Å². The van der Waals surface area contributed by atoms with Gasteiger partial charge in [0.25, 0.3) is 0 Å². The summed E-state index contributed by atoms with van der Waals surface area (Å²) < 4.78 is 26.5. The van der Waals surface area contributed by atoms with Crippen molar-refractivity contribution in [2.24, 2.45) is 0 Å². The molecule has 0 bridgehead atoms. The van der Waals surface area contributed by atoms with Gasteiger partial charge in [0.15, 0.2) is 0 Å². The van der Waals surface area contributed by atoms with Gasteiger partial charge in [0.2, 0.25) is 0 Å². The van der Waals surface area contributed by atoms with Gasteiger partial charge in [0.1, 0.15) is 11.6 Å². The summed E-state index contributed by atoms with van der Waals surface area (Å²) in [5.74, 6) is -2.55. The molecule has 0 radical (unpaired) electrons. The first kappa shape index (κ1) is 11.2. The molecule has 0 saturated heterocycles. The second kappa shape index (κ2) is 4.29. The molecule has 5 heteroatoms. The van der Waals surface area contributed by atoms with E-state index in [0.717, 1.165) is 18.2 Å². The van der Waals surface area contributed by atoms with E-state index >= 15 is 0 Å². The van der Waals surface area contributed by atoms with Crippen molar-refractivity contribution in [2.75, 3.05) is 0 Å². The van der Waals surface area contributed by atoms with Gasteiger partial charge in [-0.3, -0.25) is 4.98 Å². The highest BCUT2D eigenvalue weighted by atomic mass is 19.1. The van der Waals surface area contributed by atoms with Gasteiger partial charge in [0.05, 0.1) is 5.56 Å². The lowest BCUT2D eigenvalue weighted by Gasteiger charge is -2.06. The smallest absolute Gasteiger partial charge is 0.336 e. The molecule has 1 aromatic carbocycles. The van der Waals surface area contributed by atoms with Gasteiger partial charge in [-0.15, -0.1) is 0 Å². The zero-order chi connectivity index (χ0) is 12.4. The summed E-state index contributed by atoms with van der Waals surface area (Å²) in [5.41, 5.74) is -0.183. The quantitative estimate of drug-likeness (QED) is 0.870. The molecule has 0 aliphatic heterocycles. The van der Waals surface area contributed by atoms with Crippen LogP contribution in [-0.2, 0) is 0 Å². The van der Waals surface area contributed by atoms with Crippen molar-refractivity contribution >= 4 is 5.97 Å². The predicted octanol–water partition coefficient (Wildman–Crippen LogP) is 2.73. The molecule has 1 aromatic heterocycles. The van der Waals surface area contributed by atoms with Crippen LogP contribution in [0.25, 0.3) is 11.1 Å². The fraction of sp³-hybridized carbons (Fsp3) is 0. The van der Waals surface area contributed by atoms with Gasteiger partial charge >= 0.3 is 5.97 Å². The number of rotatable bonds is 2. The molecule has 86 valence electrons. The lowest BCUT2D eigenvalue weighted by atomic mass is 10.0. The lowest BCUT2D eigenvalue weighted by molar-refractivity contribution is 0.0697. The molecular weight excluding hydrogens is 228 g/mol. The van der Waals surface area contributed by atoms with Crippen LogP contribution in [0.15, 0.2) is 36.7 Å². The van der Waals surface area contributed by atoms with E-state index in [2.05, 4.69) is 4.98 Å². The number of halogens is 2. The number of benzene rings is 1. The third kappa shape index (κ3) is 2.13. The number of carbonyl (C=O) groups is 1. The summed E-state index contributed by atoms with van der Waals surface area (Å²) >= 11 is 0. The molecule has 0 fully saturated rings. The number of hydrogen-bond acceptors (Lipinski definition) is 2. The highest BCUT2D eigenvalue weighted by Gasteiger charge is 2.15. The standard InChI is InChI=1S/C12H7F2NO2/c13-7-1-2-11(14)9(5-7)10-6-15-4-3-8(10)12(16)17/h1-6H,(H,16,17). The first-order chi connectivity index (χ1) is 8.09. The van der Waals surface area contributed by atoms with Gasteiger partial charge in [-0.05, 0) is 24.3 Å². The first-order valence-corrected chi connectivity index (χ1v) is 4.72. The van der Waals surface area contributed by atoms with E-state index in [0.29, 0.717) is 0 Å². The number of hydrogen-bond donors (Lipinski definition) is 1. The second-order valence-corrected chi connectivity index (χ2v) is 3.35. The summed E-state index contributed by atoms with van der Waals surface area (Å²) in [6.07, 6.45) is 2.48. The van der Waals surface area contributed by atoms with Crippen molar-refractivity contribution in [3.8, 4) is 11.1 Å². The van der Waals surface area contributed by atoms with Crippen LogP contribution in [0.5, 0.6) is 0 Å². The van der Waals surface area contributed by atoms with E-state index in [1.807, 2.05) is 0 Å². The number of carboxylic acid groups (broad SMARTS) is 1. The molecule has 1 heterocycles. The van der Waals surface area contributed by atoms with Crippen molar-refractivity contribution in [1.29, 1.82) is 0 Å². The Kier molecular flexibility index (Phi) is 2.82. The van der Waals surface area contributed by atoms with Crippen LogP contribution in [-0.4, -0.2) is 16.1 Å². The molecular formula is C12H7F2NO2. The lowest BCUT2D eigenvalue weighted by Crippen LogP contribution is -2.01. The topological polar surface area (TPSA) is 50.2 Å². The summed E-state index contributed by atoms with van der Waals surface area (Å²) in [6.45, 7) is 0. The van der Waals surface area contributed by atoms with E-state index in [-0.39, 0.29) is 16.7 Å². The fourth-order valence-corrected chi connectivity index (χ4v) is 1.50. The largest absolute Gasteiger partial charge is 0.478 e. The minimum Gasteiger partial charge on any atom is -0.478 e. The van der Waals surface area contributed by atoms with Crippen LogP contribution in [0.4, 0.5) is 8.78 Å². The van der Waals surface area contributed by atoms with Crippen LogP contribution in [0.3, 0.4) is 0 Å². The number of carboxylic acids is 1. The number of aromatic carboxylic acids is 1. The maximum Gasteiger partial charge on any atom is 0.336 e. The van der Waals surface area contributed by atoms with Gasteiger partial charge in [-0.1, -0.05) is 0 Å². The minimum atomic E-state index is -1.22. The molecule has 1 N–H and O–H groups in total. The molecule has 0 spiro atoms. The Morgan fingerprint density at radius 1 is 1.18 bits per heavy atom. The Labute approximate surface area is 95.4 Å². The summed E-state index contributed by atoms with van der Waals surface area (Å²) in [5, 5.41) is 8.94. The van der Waals surface area contributed by atoms with Gasteiger partial charge < -0.3 is 5.11 Å². The van der Waals surface area contributed by atoms with Gasteiger partial charge in [0, 0.05) is 23.5 Å². The molecule has 2 aromatic rings. The zero-order valence-electron chi connectivity index (χ0n) is 8.52. The van der Waals surface area contributed by atoms with E-state index in [4.69, 9.17) is 5.11 Å². The third-order valence-electron chi connectivity index (χ3n) is 2.27. The molecule has 17 heavy (non-hydrogen) atoms. The van der Waals surface area contributed by atoms with Crippen LogP contribution in [0, 0.1) is 11.6 Å². The Morgan fingerprint density at radius 2 is 1.94 bits per heavy atom. The van der Waals surface area contributed by atoms with E-state index in [9.17, 15) is 13.6 Å². The molecule has 3 nitrogen and oxygen atoms in total. The molecule has 0 amide bonds. The van der Waals surface area contributed by atoms with Crippen molar-refractivity contribution < 1.29 is 18.7 Å². The normalized spacial score (nSPS) is 10.2. The highest BCUT2D eigenvalue weighted by molar-refractivity contribution is 5.95. The Morgan fingerprint density at radius 3 is 2.65 bits per heavy atom.